The third kappa shape index (κ3) is 2.47. The molecule has 1 aromatic heterocycles. The molecule has 0 fully saturated rings. The lowest BCUT2D eigenvalue weighted by molar-refractivity contribution is 0.0434. The first kappa shape index (κ1) is 12.6. The SMILES string of the molecule is CCc1ccc(C(=O)OCc2ccc3c(c2)OCO3)o1. The predicted molar refractivity (Wildman–Crippen MR) is 69.8 cm³/mol. The van der Waals surface area contributed by atoms with E-state index in [1.54, 1.807) is 24.3 Å². The summed E-state index contributed by atoms with van der Waals surface area (Å²) in [6, 6.07) is 8.83. The summed E-state index contributed by atoms with van der Waals surface area (Å²) in [6.07, 6.45) is 0.745. The van der Waals surface area contributed by atoms with Crippen molar-refractivity contribution in [1.29, 1.82) is 0 Å². The molecule has 0 bridgehead atoms. The monoisotopic (exact) mass is 274 g/mol. The van der Waals surface area contributed by atoms with Crippen molar-refractivity contribution < 1.29 is 23.4 Å². The molecule has 0 saturated carbocycles. The summed E-state index contributed by atoms with van der Waals surface area (Å²) < 4.78 is 21.0. The molecule has 2 heterocycles. The van der Waals surface area contributed by atoms with Gasteiger partial charge in [0.15, 0.2) is 11.5 Å². The highest BCUT2D eigenvalue weighted by atomic mass is 16.7. The molecular formula is C15H14O5. The molecule has 0 saturated heterocycles. The third-order valence-corrected chi connectivity index (χ3v) is 3.02. The van der Waals surface area contributed by atoms with Gasteiger partial charge in [-0.25, -0.2) is 4.79 Å². The van der Waals surface area contributed by atoms with Crippen molar-refractivity contribution in [2.24, 2.45) is 0 Å². The molecule has 0 amide bonds. The maximum atomic E-state index is 11.8. The Labute approximate surface area is 116 Å². The smallest absolute Gasteiger partial charge is 0.374 e. The standard InChI is InChI=1S/C15H14O5/c1-2-11-4-6-13(20-11)15(16)17-8-10-3-5-12-14(7-10)19-9-18-12/h3-7H,2,8-9H2,1H3. The number of carbonyl (C=O) groups is 1. The average molecular weight is 274 g/mol. The molecule has 0 unspecified atom stereocenters. The summed E-state index contributed by atoms with van der Waals surface area (Å²) in [5.74, 6) is 1.90. The second-order valence-corrected chi connectivity index (χ2v) is 4.38. The van der Waals surface area contributed by atoms with Crippen LogP contribution in [0, 0.1) is 0 Å². The van der Waals surface area contributed by atoms with Crippen LogP contribution in [0.25, 0.3) is 0 Å². The van der Waals surface area contributed by atoms with Crippen molar-refractivity contribution in [3.8, 4) is 11.5 Å². The van der Waals surface area contributed by atoms with Gasteiger partial charge >= 0.3 is 5.97 Å². The van der Waals surface area contributed by atoms with Gasteiger partial charge in [-0.3, -0.25) is 0 Å². The van der Waals surface area contributed by atoms with Crippen molar-refractivity contribution >= 4 is 5.97 Å². The van der Waals surface area contributed by atoms with E-state index in [9.17, 15) is 4.79 Å². The van der Waals surface area contributed by atoms with E-state index in [0.717, 1.165) is 17.7 Å². The topological polar surface area (TPSA) is 57.9 Å². The van der Waals surface area contributed by atoms with E-state index in [4.69, 9.17) is 18.6 Å². The number of furan rings is 1. The van der Waals surface area contributed by atoms with Crippen LogP contribution >= 0.6 is 0 Å². The summed E-state index contributed by atoms with van der Waals surface area (Å²) in [6.45, 7) is 2.35. The van der Waals surface area contributed by atoms with E-state index in [0.29, 0.717) is 11.5 Å². The number of rotatable bonds is 4. The molecule has 5 nitrogen and oxygen atoms in total. The van der Waals surface area contributed by atoms with Crippen molar-refractivity contribution in [3.63, 3.8) is 0 Å². The summed E-state index contributed by atoms with van der Waals surface area (Å²) in [5.41, 5.74) is 0.838. The molecule has 104 valence electrons. The molecule has 2 aromatic rings. The minimum Gasteiger partial charge on any atom is -0.455 e. The Morgan fingerprint density at radius 1 is 1.20 bits per heavy atom. The van der Waals surface area contributed by atoms with Gasteiger partial charge in [-0.2, -0.15) is 0 Å². The quantitative estimate of drug-likeness (QED) is 0.802. The van der Waals surface area contributed by atoms with E-state index in [1.165, 1.54) is 0 Å². The lowest BCUT2D eigenvalue weighted by atomic mass is 10.2. The van der Waals surface area contributed by atoms with Crippen LogP contribution in [-0.4, -0.2) is 12.8 Å². The molecule has 0 radical (unpaired) electrons. The predicted octanol–water partition coefficient (Wildman–Crippen LogP) is 2.93. The van der Waals surface area contributed by atoms with Gasteiger partial charge in [-0.1, -0.05) is 13.0 Å². The number of ether oxygens (including phenoxy) is 3. The van der Waals surface area contributed by atoms with Crippen molar-refractivity contribution in [3.05, 3.63) is 47.4 Å². The van der Waals surface area contributed by atoms with E-state index in [2.05, 4.69) is 0 Å². The van der Waals surface area contributed by atoms with Gasteiger partial charge in [-0.05, 0) is 29.8 Å². The number of benzene rings is 1. The van der Waals surface area contributed by atoms with Crippen molar-refractivity contribution in [1.82, 2.24) is 0 Å². The van der Waals surface area contributed by atoms with Gasteiger partial charge in [0.05, 0.1) is 0 Å². The van der Waals surface area contributed by atoms with Gasteiger partial charge in [-0.15, -0.1) is 0 Å². The van der Waals surface area contributed by atoms with E-state index >= 15 is 0 Å². The molecule has 1 aromatic carbocycles. The normalized spacial score (nSPS) is 12.4. The summed E-state index contributed by atoms with van der Waals surface area (Å²) >= 11 is 0. The van der Waals surface area contributed by atoms with Crippen LogP contribution in [0.4, 0.5) is 0 Å². The number of hydrogen-bond acceptors (Lipinski definition) is 5. The minimum atomic E-state index is -0.470. The lowest BCUT2D eigenvalue weighted by Gasteiger charge is -2.04. The van der Waals surface area contributed by atoms with Gasteiger partial charge in [0, 0.05) is 6.42 Å². The summed E-state index contributed by atoms with van der Waals surface area (Å²) in [4.78, 5) is 11.8. The highest BCUT2D eigenvalue weighted by Gasteiger charge is 2.15. The molecule has 0 spiro atoms. The minimum absolute atomic E-state index is 0.164. The van der Waals surface area contributed by atoms with Gasteiger partial charge in [0.1, 0.15) is 12.4 Å². The van der Waals surface area contributed by atoms with E-state index in [-0.39, 0.29) is 19.2 Å². The lowest BCUT2D eigenvalue weighted by Crippen LogP contribution is -2.04. The second kappa shape index (κ2) is 5.28. The molecular weight excluding hydrogens is 260 g/mol. The molecule has 5 heteroatoms. The molecule has 1 aliphatic heterocycles. The fourth-order valence-electron chi connectivity index (χ4n) is 1.93. The van der Waals surface area contributed by atoms with Gasteiger partial charge in [0.2, 0.25) is 12.6 Å². The molecule has 1 aliphatic rings. The van der Waals surface area contributed by atoms with Crippen LogP contribution in [-0.2, 0) is 17.8 Å². The Kier molecular flexibility index (Phi) is 3.33. The zero-order valence-electron chi connectivity index (χ0n) is 11.0. The zero-order chi connectivity index (χ0) is 13.9. The van der Waals surface area contributed by atoms with E-state index < -0.39 is 5.97 Å². The first-order valence-electron chi connectivity index (χ1n) is 6.40. The Balaban J connectivity index is 1.63. The summed E-state index contributed by atoms with van der Waals surface area (Å²) in [7, 11) is 0. The van der Waals surface area contributed by atoms with Crippen LogP contribution in [0.2, 0.25) is 0 Å². The van der Waals surface area contributed by atoms with Crippen LogP contribution < -0.4 is 9.47 Å². The second-order valence-electron chi connectivity index (χ2n) is 4.38. The number of hydrogen-bond donors (Lipinski definition) is 0. The maximum absolute atomic E-state index is 11.8. The molecule has 0 N–H and O–H groups in total. The third-order valence-electron chi connectivity index (χ3n) is 3.02. The fraction of sp³-hybridized carbons (Fsp3) is 0.267. The van der Waals surface area contributed by atoms with E-state index in [1.807, 2.05) is 13.0 Å². The van der Waals surface area contributed by atoms with Crippen LogP contribution in [0.5, 0.6) is 11.5 Å². The van der Waals surface area contributed by atoms with Crippen molar-refractivity contribution in [2.75, 3.05) is 6.79 Å². The van der Waals surface area contributed by atoms with Crippen LogP contribution in [0.1, 0.15) is 28.8 Å². The molecule has 0 aliphatic carbocycles. The Morgan fingerprint density at radius 2 is 2.05 bits per heavy atom. The molecule has 20 heavy (non-hydrogen) atoms. The van der Waals surface area contributed by atoms with Crippen LogP contribution in [0.15, 0.2) is 34.7 Å². The highest BCUT2D eigenvalue weighted by molar-refractivity contribution is 5.86. The highest BCUT2D eigenvalue weighted by Crippen LogP contribution is 2.32. The largest absolute Gasteiger partial charge is 0.455 e. The van der Waals surface area contributed by atoms with Gasteiger partial charge < -0.3 is 18.6 Å². The number of esters is 1. The Morgan fingerprint density at radius 3 is 2.85 bits per heavy atom. The number of fused-ring (bicyclic) bond motifs is 1. The Bertz CT molecular complexity index is 629. The average Bonchev–Trinajstić information content (AvgIpc) is 3.12. The molecule has 3 rings (SSSR count). The molecule has 0 atom stereocenters. The first-order valence-corrected chi connectivity index (χ1v) is 6.40. The maximum Gasteiger partial charge on any atom is 0.374 e. The zero-order valence-corrected chi connectivity index (χ0v) is 11.0. The van der Waals surface area contributed by atoms with Crippen LogP contribution in [0.3, 0.4) is 0 Å². The number of aryl methyl sites for hydroxylation is 1. The summed E-state index contributed by atoms with van der Waals surface area (Å²) in [5, 5.41) is 0. The fourth-order valence-corrected chi connectivity index (χ4v) is 1.93. The van der Waals surface area contributed by atoms with Gasteiger partial charge in [0.25, 0.3) is 0 Å². The number of carbonyl (C=O) groups excluding carboxylic acids is 1. The Hall–Kier alpha value is -2.43. The first-order chi connectivity index (χ1) is 9.76. The van der Waals surface area contributed by atoms with Crippen molar-refractivity contribution in [2.45, 2.75) is 20.0 Å².